The lowest BCUT2D eigenvalue weighted by Gasteiger charge is -2.15. The first-order valence-corrected chi connectivity index (χ1v) is 13.2. The summed E-state index contributed by atoms with van der Waals surface area (Å²) in [6.45, 7) is 6.02. The van der Waals surface area contributed by atoms with E-state index in [0.717, 1.165) is 16.7 Å². The van der Waals surface area contributed by atoms with Gasteiger partial charge in [-0.15, -0.1) is 0 Å². The number of nitrogens with one attached hydrogen (secondary N) is 3. The number of hydrogen-bond donors (Lipinski definition) is 3. The van der Waals surface area contributed by atoms with E-state index < -0.39 is 11.8 Å². The van der Waals surface area contributed by atoms with E-state index in [-0.39, 0.29) is 19.1 Å². The number of carbonyl (C=O) groups excluding carboxylic acids is 3. The molecule has 0 heterocycles. The second-order valence-corrected chi connectivity index (χ2v) is 9.56. The fourth-order valence-corrected chi connectivity index (χ4v) is 4.24. The molecule has 40 heavy (non-hydrogen) atoms. The van der Waals surface area contributed by atoms with Gasteiger partial charge in [-0.1, -0.05) is 18.2 Å². The SMILES string of the molecule is CCOc1cc(/C=N\NC(=O)C(=O)NCc2ccc(OC)cc2)cc(Br)c1OCC(=O)Nc1cc(C)cc(C)c1. The van der Waals surface area contributed by atoms with Gasteiger partial charge in [0.05, 0.1) is 24.4 Å². The van der Waals surface area contributed by atoms with E-state index in [2.05, 4.69) is 37.1 Å². The van der Waals surface area contributed by atoms with Gasteiger partial charge in [0, 0.05) is 12.2 Å². The summed E-state index contributed by atoms with van der Waals surface area (Å²) in [6.07, 6.45) is 1.36. The van der Waals surface area contributed by atoms with Crippen LogP contribution in [0.2, 0.25) is 0 Å². The Morgan fingerprint density at radius 1 is 0.950 bits per heavy atom. The number of benzene rings is 3. The largest absolute Gasteiger partial charge is 0.497 e. The molecular formula is C29H31BrN4O6. The maximum atomic E-state index is 12.5. The zero-order chi connectivity index (χ0) is 29.1. The van der Waals surface area contributed by atoms with Crippen molar-refractivity contribution in [1.29, 1.82) is 0 Å². The van der Waals surface area contributed by atoms with E-state index >= 15 is 0 Å². The van der Waals surface area contributed by atoms with Crippen molar-refractivity contribution in [2.45, 2.75) is 27.3 Å². The van der Waals surface area contributed by atoms with Gasteiger partial charge >= 0.3 is 11.8 Å². The van der Waals surface area contributed by atoms with Gasteiger partial charge in [-0.2, -0.15) is 5.10 Å². The minimum atomic E-state index is -0.913. The predicted octanol–water partition coefficient (Wildman–Crippen LogP) is 4.26. The van der Waals surface area contributed by atoms with Crippen LogP contribution in [0.4, 0.5) is 5.69 Å². The van der Waals surface area contributed by atoms with Crippen LogP contribution >= 0.6 is 15.9 Å². The van der Waals surface area contributed by atoms with Gasteiger partial charge in [0.1, 0.15) is 5.75 Å². The summed E-state index contributed by atoms with van der Waals surface area (Å²) in [6, 6.07) is 16.2. The summed E-state index contributed by atoms with van der Waals surface area (Å²) in [4.78, 5) is 36.7. The molecule has 0 unspecified atom stereocenters. The number of nitrogens with zero attached hydrogens (tertiary/aromatic N) is 1. The van der Waals surface area contributed by atoms with Crippen molar-refractivity contribution >= 4 is 45.6 Å². The predicted molar refractivity (Wildman–Crippen MR) is 156 cm³/mol. The standard InChI is InChI=1S/C29H31BrN4O6/c1-5-39-25-14-21(16-32-34-29(37)28(36)31-15-20-6-8-23(38-4)9-7-20)13-24(30)27(25)40-17-26(35)33-22-11-18(2)10-19(3)12-22/h6-14,16H,5,15,17H2,1-4H3,(H,31,36)(H,33,35)(H,34,37)/b32-16-. The normalized spacial score (nSPS) is 10.6. The third-order valence-electron chi connectivity index (χ3n) is 5.38. The van der Waals surface area contributed by atoms with E-state index in [0.29, 0.717) is 39.6 Å². The molecule has 0 aliphatic rings. The van der Waals surface area contributed by atoms with E-state index in [1.165, 1.54) is 6.21 Å². The molecule has 0 bridgehead atoms. The van der Waals surface area contributed by atoms with Gasteiger partial charge in [0.25, 0.3) is 5.91 Å². The fraction of sp³-hybridized carbons (Fsp3) is 0.241. The molecule has 0 saturated carbocycles. The fourth-order valence-electron chi connectivity index (χ4n) is 3.67. The van der Waals surface area contributed by atoms with Crippen molar-refractivity contribution in [2.24, 2.45) is 5.10 Å². The number of aryl methyl sites for hydroxylation is 2. The average molecular weight is 611 g/mol. The topological polar surface area (TPSA) is 127 Å². The van der Waals surface area contributed by atoms with Crippen molar-refractivity contribution in [3.8, 4) is 17.2 Å². The number of methoxy groups -OCH3 is 1. The highest BCUT2D eigenvalue weighted by atomic mass is 79.9. The Hall–Kier alpha value is -4.38. The lowest BCUT2D eigenvalue weighted by Crippen LogP contribution is -2.37. The number of anilines is 1. The first kappa shape index (κ1) is 30.2. The second kappa shape index (κ2) is 14.7. The highest BCUT2D eigenvalue weighted by Gasteiger charge is 2.15. The third kappa shape index (κ3) is 9.12. The summed E-state index contributed by atoms with van der Waals surface area (Å²) in [5.74, 6) is -0.647. The minimum Gasteiger partial charge on any atom is -0.497 e. The van der Waals surface area contributed by atoms with Crippen LogP contribution in [-0.2, 0) is 20.9 Å². The molecular weight excluding hydrogens is 580 g/mol. The van der Waals surface area contributed by atoms with Gasteiger partial charge in [0.2, 0.25) is 0 Å². The Kier molecular flexibility index (Phi) is 11.1. The summed E-state index contributed by atoms with van der Waals surface area (Å²) >= 11 is 3.44. The van der Waals surface area contributed by atoms with E-state index in [4.69, 9.17) is 14.2 Å². The molecule has 0 saturated heterocycles. The van der Waals surface area contributed by atoms with Crippen LogP contribution in [0.3, 0.4) is 0 Å². The minimum absolute atomic E-state index is 0.175. The van der Waals surface area contributed by atoms with Gasteiger partial charge in [-0.3, -0.25) is 14.4 Å². The number of halogens is 1. The number of hydrazone groups is 1. The van der Waals surface area contributed by atoms with Crippen LogP contribution in [0.25, 0.3) is 0 Å². The zero-order valence-corrected chi connectivity index (χ0v) is 24.3. The molecule has 3 aromatic rings. The summed E-state index contributed by atoms with van der Waals surface area (Å²) in [5.41, 5.74) is 6.34. The third-order valence-corrected chi connectivity index (χ3v) is 5.97. The van der Waals surface area contributed by atoms with Crippen LogP contribution in [0, 0.1) is 13.8 Å². The molecule has 0 atom stereocenters. The second-order valence-electron chi connectivity index (χ2n) is 8.71. The number of rotatable bonds is 11. The Bertz CT molecular complexity index is 1370. The van der Waals surface area contributed by atoms with Crippen LogP contribution < -0.4 is 30.3 Å². The molecule has 3 aromatic carbocycles. The number of ether oxygens (including phenoxy) is 3. The van der Waals surface area contributed by atoms with E-state index in [1.54, 1.807) is 43.5 Å². The summed E-state index contributed by atoms with van der Waals surface area (Å²) < 4.78 is 17.1. The van der Waals surface area contributed by atoms with Crippen molar-refractivity contribution < 1.29 is 28.6 Å². The molecule has 0 aliphatic carbocycles. The molecule has 0 aliphatic heterocycles. The molecule has 0 aromatic heterocycles. The lowest BCUT2D eigenvalue weighted by atomic mass is 10.1. The Morgan fingerprint density at radius 2 is 1.65 bits per heavy atom. The van der Waals surface area contributed by atoms with Crippen molar-refractivity contribution in [2.75, 3.05) is 25.6 Å². The lowest BCUT2D eigenvalue weighted by molar-refractivity contribution is -0.139. The highest BCUT2D eigenvalue weighted by Crippen LogP contribution is 2.36. The van der Waals surface area contributed by atoms with Crippen LogP contribution in [0.5, 0.6) is 17.2 Å². The molecule has 11 heteroatoms. The van der Waals surface area contributed by atoms with Crippen molar-refractivity contribution in [3.63, 3.8) is 0 Å². The molecule has 3 rings (SSSR count). The zero-order valence-electron chi connectivity index (χ0n) is 22.7. The van der Waals surface area contributed by atoms with Crippen LogP contribution in [0.15, 0.2) is 64.2 Å². The highest BCUT2D eigenvalue weighted by molar-refractivity contribution is 9.10. The van der Waals surface area contributed by atoms with Gasteiger partial charge in [0.15, 0.2) is 18.1 Å². The molecule has 210 valence electrons. The first-order chi connectivity index (χ1) is 19.2. The van der Waals surface area contributed by atoms with Crippen LogP contribution in [-0.4, -0.2) is 44.3 Å². The van der Waals surface area contributed by atoms with Crippen molar-refractivity contribution in [1.82, 2.24) is 10.7 Å². The molecule has 10 nitrogen and oxygen atoms in total. The first-order valence-electron chi connectivity index (χ1n) is 12.4. The Morgan fingerprint density at radius 3 is 2.30 bits per heavy atom. The summed E-state index contributed by atoms with van der Waals surface area (Å²) in [7, 11) is 1.56. The quantitative estimate of drug-likeness (QED) is 0.169. The number of hydrogen-bond acceptors (Lipinski definition) is 7. The monoisotopic (exact) mass is 610 g/mol. The maximum absolute atomic E-state index is 12.5. The average Bonchev–Trinajstić information content (AvgIpc) is 2.91. The van der Waals surface area contributed by atoms with Gasteiger partial charge in [-0.05, 0) is 95.4 Å². The molecule has 3 N–H and O–H groups in total. The molecule has 0 spiro atoms. The Labute approximate surface area is 241 Å². The molecule has 0 fully saturated rings. The molecule has 0 radical (unpaired) electrons. The molecule has 3 amide bonds. The number of amides is 3. The van der Waals surface area contributed by atoms with Gasteiger partial charge in [-0.25, -0.2) is 5.43 Å². The van der Waals surface area contributed by atoms with Gasteiger partial charge < -0.3 is 24.8 Å². The van der Waals surface area contributed by atoms with Crippen molar-refractivity contribution in [3.05, 3.63) is 81.3 Å². The Balaban J connectivity index is 1.57. The number of carbonyl (C=O) groups is 3. The maximum Gasteiger partial charge on any atom is 0.329 e. The van der Waals surface area contributed by atoms with E-state index in [1.807, 2.05) is 39.0 Å². The van der Waals surface area contributed by atoms with Crippen LogP contribution in [0.1, 0.15) is 29.2 Å². The summed E-state index contributed by atoms with van der Waals surface area (Å²) in [5, 5.41) is 9.22. The van der Waals surface area contributed by atoms with E-state index in [9.17, 15) is 14.4 Å². The smallest absolute Gasteiger partial charge is 0.329 e.